The zero-order valence-corrected chi connectivity index (χ0v) is 11.8. The first-order valence-electron chi connectivity index (χ1n) is 7.48. The van der Waals surface area contributed by atoms with E-state index in [0.717, 1.165) is 25.7 Å². The first-order chi connectivity index (χ1) is 9.44. The summed E-state index contributed by atoms with van der Waals surface area (Å²) in [5.74, 6) is 0.478. The molecule has 0 aromatic carbocycles. The molecular weight excluding hydrogens is 269 g/mol. The maximum atomic E-state index is 12.3. The molecule has 1 saturated carbocycles. The van der Waals surface area contributed by atoms with Crippen LogP contribution < -0.4 is 0 Å². The number of piperazine rings is 1. The number of hydrogen-bond donors (Lipinski definition) is 0. The predicted octanol–water partition coefficient (Wildman–Crippen LogP) is 2.32. The van der Waals surface area contributed by atoms with Gasteiger partial charge < -0.3 is 0 Å². The van der Waals surface area contributed by atoms with Gasteiger partial charge in [-0.25, -0.2) is 0 Å². The van der Waals surface area contributed by atoms with E-state index in [0.29, 0.717) is 32.7 Å². The number of rotatable bonds is 4. The Balaban J connectivity index is 1.70. The first kappa shape index (κ1) is 15.8. The average Bonchev–Trinajstić information content (AvgIpc) is 2.40. The van der Waals surface area contributed by atoms with Gasteiger partial charge in [0.15, 0.2) is 0 Å². The van der Waals surface area contributed by atoms with Gasteiger partial charge in [-0.1, -0.05) is 19.3 Å². The Morgan fingerprint density at radius 1 is 0.950 bits per heavy atom. The fourth-order valence-electron chi connectivity index (χ4n) is 3.13. The minimum Gasteiger partial charge on any atom is -0.298 e. The molecule has 2 fully saturated rings. The highest BCUT2D eigenvalue weighted by molar-refractivity contribution is 5.83. The van der Waals surface area contributed by atoms with Crippen LogP contribution in [-0.4, -0.2) is 61.0 Å². The Morgan fingerprint density at radius 2 is 1.50 bits per heavy atom. The van der Waals surface area contributed by atoms with Crippen LogP contribution in [0.5, 0.6) is 0 Å². The molecule has 0 amide bonds. The number of carbonyl (C=O) groups excluding carboxylic acids is 1. The number of ketones is 1. The lowest BCUT2D eigenvalue weighted by molar-refractivity contribution is -0.150. The highest BCUT2D eigenvalue weighted by atomic mass is 19.4. The van der Waals surface area contributed by atoms with Gasteiger partial charge in [0.1, 0.15) is 5.78 Å². The summed E-state index contributed by atoms with van der Waals surface area (Å²) in [6.07, 6.45) is 1.35. The van der Waals surface area contributed by atoms with E-state index in [2.05, 4.69) is 0 Å². The van der Waals surface area contributed by atoms with Crippen molar-refractivity contribution in [3.8, 4) is 0 Å². The summed E-state index contributed by atoms with van der Waals surface area (Å²) in [6.45, 7) is 1.51. The molecule has 0 N–H and O–H groups in total. The Bertz CT molecular complexity index is 319. The van der Waals surface area contributed by atoms with Crippen LogP contribution in [0.2, 0.25) is 0 Å². The van der Waals surface area contributed by atoms with Crippen LogP contribution in [0.1, 0.15) is 32.1 Å². The summed E-state index contributed by atoms with van der Waals surface area (Å²) in [6, 6.07) is 0. The van der Waals surface area contributed by atoms with Crippen molar-refractivity contribution < 1.29 is 18.0 Å². The lowest BCUT2D eigenvalue weighted by Gasteiger charge is -2.35. The van der Waals surface area contributed by atoms with Crippen LogP contribution in [0.3, 0.4) is 0 Å². The van der Waals surface area contributed by atoms with Gasteiger partial charge in [-0.05, 0) is 12.8 Å². The fraction of sp³-hybridized carbons (Fsp3) is 0.929. The van der Waals surface area contributed by atoms with Crippen LogP contribution >= 0.6 is 0 Å². The van der Waals surface area contributed by atoms with Gasteiger partial charge in [-0.15, -0.1) is 0 Å². The van der Waals surface area contributed by atoms with Crippen molar-refractivity contribution in [1.82, 2.24) is 9.80 Å². The molecule has 6 heteroatoms. The van der Waals surface area contributed by atoms with Crippen molar-refractivity contribution in [2.75, 3.05) is 39.3 Å². The highest BCUT2D eigenvalue weighted by Gasteiger charge is 2.32. The van der Waals surface area contributed by atoms with E-state index in [1.165, 1.54) is 11.3 Å². The molecule has 2 aliphatic rings. The van der Waals surface area contributed by atoms with Crippen LogP contribution in [0, 0.1) is 5.92 Å². The first-order valence-corrected chi connectivity index (χ1v) is 7.48. The monoisotopic (exact) mass is 292 g/mol. The number of alkyl halides is 3. The third kappa shape index (κ3) is 5.05. The van der Waals surface area contributed by atoms with E-state index in [9.17, 15) is 18.0 Å². The van der Waals surface area contributed by atoms with Gasteiger partial charge in [0.25, 0.3) is 0 Å². The van der Waals surface area contributed by atoms with Gasteiger partial charge in [-0.3, -0.25) is 14.6 Å². The number of halogens is 3. The molecule has 0 radical (unpaired) electrons. The second-order valence-electron chi connectivity index (χ2n) is 5.97. The Hall–Kier alpha value is -0.620. The fourth-order valence-corrected chi connectivity index (χ4v) is 3.13. The SMILES string of the molecule is O=C(CN1CCN(CC(F)(F)F)CC1)C1CCCCC1. The predicted molar refractivity (Wildman–Crippen MR) is 70.5 cm³/mol. The smallest absolute Gasteiger partial charge is 0.298 e. The van der Waals surface area contributed by atoms with Crippen molar-refractivity contribution in [3.63, 3.8) is 0 Å². The summed E-state index contributed by atoms with van der Waals surface area (Å²) >= 11 is 0. The number of Topliss-reactive ketones (excluding diaryl/α,β-unsaturated/α-hetero) is 1. The third-order valence-electron chi connectivity index (χ3n) is 4.31. The van der Waals surface area contributed by atoms with Crippen LogP contribution in [0.25, 0.3) is 0 Å². The van der Waals surface area contributed by atoms with Crippen molar-refractivity contribution in [3.05, 3.63) is 0 Å². The van der Waals surface area contributed by atoms with E-state index in [1.54, 1.807) is 0 Å². The van der Waals surface area contributed by atoms with Crippen molar-refractivity contribution in [2.45, 2.75) is 38.3 Å². The van der Waals surface area contributed by atoms with Gasteiger partial charge in [-0.2, -0.15) is 13.2 Å². The van der Waals surface area contributed by atoms with Crippen molar-refractivity contribution in [1.29, 1.82) is 0 Å². The van der Waals surface area contributed by atoms with Crippen LogP contribution in [0.15, 0.2) is 0 Å². The normalized spacial score (nSPS) is 23.9. The maximum absolute atomic E-state index is 12.3. The molecule has 3 nitrogen and oxygen atoms in total. The molecule has 0 spiro atoms. The topological polar surface area (TPSA) is 23.6 Å². The van der Waals surface area contributed by atoms with Crippen molar-refractivity contribution >= 4 is 5.78 Å². The molecule has 116 valence electrons. The molecule has 1 aliphatic heterocycles. The van der Waals surface area contributed by atoms with Gasteiger partial charge >= 0.3 is 6.18 Å². The summed E-state index contributed by atoms with van der Waals surface area (Å²) in [4.78, 5) is 15.6. The average molecular weight is 292 g/mol. The maximum Gasteiger partial charge on any atom is 0.401 e. The zero-order valence-electron chi connectivity index (χ0n) is 11.8. The quantitative estimate of drug-likeness (QED) is 0.794. The molecule has 0 aromatic rings. The largest absolute Gasteiger partial charge is 0.401 e. The summed E-state index contributed by atoms with van der Waals surface area (Å²) in [5, 5.41) is 0. The molecular formula is C14H23F3N2O. The molecule has 0 aromatic heterocycles. The second-order valence-corrected chi connectivity index (χ2v) is 5.97. The van der Waals surface area contributed by atoms with Gasteiger partial charge in [0.2, 0.25) is 0 Å². The van der Waals surface area contributed by atoms with E-state index in [-0.39, 0.29) is 11.7 Å². The highest BCUT2D eigenvalue weighted by Crippen LogP contribution is 2.25. The minimum absolute atomic E-state index is 0.192. The molecule has 1 saturated heterocycles. The Morgan fingerprint density at radius 3 is 2.05 bits per heavy atom. The third-order valence-corrected chi connectivity index (χ3v) is 4.31. The van der Waals surface area contributed by atoms with E-state index in [1.807, 2.05) is 4.90 Å². The molecule has 0 atom stereocenters. The van der Waals surface area contributed by atoms with E-state index < -0.39 is 12.7 Å². The van der Waals surface area contributed by atoms with Gasteiger partial charge in [0, 0.05) is 32.1 Å². The Labute approximate surface area is 118 Å². The number of nitrogens with zero attached hydrogens (tertiary/aromatic N) is 2. The molecule has 1 heterocycles. The van der Waals surface area contributed by atoms with Crippen LogP contribution in [0.4, 0.5) is 13.2 Å². The summed E-state index contributed by atoms with van der Waals surface area (Å²) in [5.41, 5.74) is 0. The molecule has 20 heavy (non-hydrogen) atoms. The molecule has 1 aliphatic carbocycles. The van der Waals surface area contributed by atoms with Gasteiger partial charge in [0.05, 0.1) is 13.1 Å². The molecule has 0 unspecified atom stereocenters. The summed E-state index contributed by atoms with van der Waals surface area (Å²) < 4.78 is 36.8. The number of hydrogen-bond acceptors (Lipinski definition) is 3. The zero-order chi connectivity index (χ0) is 14.6. The number of carbonyl (C=O) groups is 1. The standard InChI is InChI=1S/C14H23F3N2O/c15-14(16,17)11-19-8-6-18(7-9-19)10-13(20)12-4-2-1-3-5-12/h12H,1-11H2. The van der Waals surface area contributed by atoms with Crippen molar-refractivity contribution in [2.24, 2.45) is 5.92 Å². The second kappa shape index (κ2) is 6.89. The van der Waals surface area contributed by atoms with E-state index in [4.69, 9.17) is 0 Å². The Kier molecular flexibility index (Phi) is 5.43. The molecule has 2 rings (SSSR count). The summed E-state index contributed by atoms with van der Waals surface area (Å²) in [7, 11) is 0. The lowest BCUT2D eigenvalue weighted by Crippen LogP contribution is -2.50. The molecule has 0 bridgehead atoms. The van der Waals surface area contributed by atoms with E-state index >= 15 is 0 Å². The lowest BCUT2D eigenvalue weighted by atomic mass is 9.86. The minimum atomic E-state index is -4.12. The van der Waals surface area contributed by atoms with Crippen LogP contribution in [-0.2, 0) is 4.79 Å².